The van der Waals surface area contributed by atoms with Crippen LogP contribution in [0.2, 0.25) is 0 Å². The molecule has 3 nitrogen and oxygen atoms in total. The van der Waals surface area contributed by atoms with Crippen LogP contribution in [0.1, 0.15) is 29.4 Å². The number of aryl methyl sites for hydroxylation is 1. The largest absolute Gasteiger partial charge is 0.373 e. The normalized spacial score (nSPS) is 10.8. The number of hydrogen-bond acceptors (Lipinski definition) is 3. The molecule has 18 heavy (non-hydrogen) atoms. The van der Waals surface area contributed by atoms with Crippen LogP contribution in [-0.2, 0) is 4.74 Å². The van der Waals surface area contributed by atoms with E-state index in [0.717, 1.165) is 23.0 Å². The van der Waals surface area contributed by atoms with E-state index < -0.39 is 0 Å². The molecule has 2 rings (SSSR count). The highest BCUT2D eigenvalue weighted by Gasteiger charge is 2.11. The van der Waals surface area contributed by atoms with E-state index in [2.05, 4.69) is 4.98 Å². The first-order valence-electron chi connectivity index (χ1n) is 6.19. The number of fused-ring (bicyclic) bond motifs is 1. The molecule has 0 amide bonds. The van der Waals surface area contributed by atoms with Gasteiger partial charge in [-0.05, 0) is 25.5 Å². The number of para-hydroxylation sites is 1. The minimum absolute atomic E-state index is 0.0187. The molecule has 94 valence electrons. The Morgan fingerprint density at radius 2 is 2.11 bits per heavy atom. The number of ether oxygens (including phenoxy) is 1. The smallest absolute Gasteiger partial charge is 0.189 e. The summed E-state index contributed by atoms with van der Waals surface area (Å²) in [7, 11) is 0. The van der Waals surface area contributed by atoms with Gasteiger partial charge in [-0.3, -0.25) is 9.78 Å². The van der Waals surface area contributed by atoms with Gasteiger partial charge >= 0.3 is 0 Å². The van der Waals surface area contributed by atoms with E-state index in [1.165, 1.54) is 0 Å². The van der Waals surface area contributed by atoms with Crippen LogP contribution in [-0.4, -0.2) is 24.0 Å². The van der Waals surface area contributed by atoms with Crippen LogP contribution in [0.3, 0.4) is 0 Å². The highest BCUT2D eigenvalue weighted by Crippen LogP contribution is 2.18. The lowest BCUT2D eigenvalue weighted by Gasteiger charge is -2.07. The van der Waals surface area contributed by atoms with Gasteiger partial charge in [-0.1, -0.05) is 25.1 Å². The van der Waals surface area contributed by atoms with Crippen molar-refractivity contribution in [2.24, 2.45) is 0 Å². The summed E-state index contributed by atoms with van der Waals surface area (Å²) in [4.78, 5) is 16.6. The van der Waals surface area contributed by atoms with Crippen molar-refractivity contribution in [3.63, 3.8) is 0 Å². The minimum Gasteiger partial charge on any atom is -0.373 e. The number of Topliss-reactive ketones (excluding diaryl/α,β-unsaturated/α-hetero) is 1. The fourth-order valence-electron chi connectivity index (χ4n) is 1.93. The molecule has 0 saturated carbocycles. The number of benzene rings is 1. The van der Waals surface area contributed by atoms with Crippen LogP contribution >= 0.6 is 0 Å². The van der Waals surface area contributed by atoms with Gasteiger partial charge in [0.2, 0.25) is 0 Å². The number of pyridine rings is 1. The second kappa shape index (κ2) is 5.74. The molecule has 0 aliphatic rings. The summed E-state index contributed by atoms with van der Waals surface area (Å²) in [5.74, 6) is 0.0187. The van der Waals surface area contributed by atoms with Crippen LogP contribution in [0.5, 0.6) is 0 Å². The summed E-state index contributed by atoms with van der Waals surface area (Å²) < 4.78 is 5.32. The van der Waals surface area contributed by atoms with Crippen molar-refractivity contribution < 1.29 is 9.53 Å². The van der Waals surface area contributed by atoms with E-state index in [1.54, 1.807) is 0 Å². The maximum absolute atomic E-state index is 12.1. The SMILES string of the molecule is CCCOCC(=O)c1cc(C)nc2ccccc12. The van der Waals surface area contributed by atoms with Crippen LogP contribution in [0.25, 0.3) is 10.9 Å². The first-order chi connectivity index (χ1) is 8.72. The predicted molar refractivity (Wildman–Crippen MR) is 71.9 cm³/mol. The third kappa shape index (κ3) is 2.74. The summed E-state index contributed by atoms with van der Waals surface area (Å²) in [6.45, 7) is 4.68. The topological polar surface area (TPSA) is 39.2 Å². The zero-order valence-corrected chi connectivity index (χ0v) is 10.8. The maximum Gasteiger partial charge on any atom is 0.189 e. The molecule has 1 aromatic heterocycles. The van der Waals surface area contributed by atoms with Crippen molar-refractivity contribution in [3.8, 4) is 0 Å². The molecular formula is C15H17NO2. The minimum atomic E-state index is 0.0187. The number of carbonyl (C=O) groups is 1. The summed E-state index contributed by atoms with van der Waals surface area (Å²) in [5, 5.41) is 0.896. The Balaban J connectivity index is 2.34. The molecule has 0 bridgehead atoms. The van der Waals surface area contributed by atoms with Gasteiger partial charge in [-0.15, -0.1) is 0 Å². The van der Waals surface area contributed by atoms with Gasteiger partial charge in [0.25, 0.3) is 0 Å². The van der Waals surface area contributed by atoms with Gasteiger partial charge in [0.15, 0.2) is 5.78 Å². The summed E-state index contributed by atoms with van der Waals surface area (Å²) in [6, 6.07) is 9.53. The third-order valence-corrected chi connectivity index (χ3v) is 2.73. The molecule has 0 saturated heterocycles. The molecule has 3 heteroatoms. The highest BCUT2D eigenvalue weighted by atomic mass is 16.5. The van der Waals surface area contributed by atoms with E-state index in [0.29, 0.717) is 12.2 Å². The molecule has 0 N–H and O–H groups in total. The van der Waals surface area contributed by atoms with Crippen LogP contribution in [0.15, 0.2) is 30.3 Å². The van der Waals surface area contributed by atoms with Gasteiger partial charge < -0.3 is 4.74 Å². The lowest BCUT2D eigenvalue weighted by Crippen LogP contribution is -2.10. The fraction of sp³-hybridized carbons (Fsp3) is 0.333. The molecule has 0 radical (unpaired) electrons. The number of aromatic nitrogens is 1. The number of rotatable bonds is 5. The van der Waals surface area contributed by atoms with Crippen molar-refractivity contribution >= 4 is 16.7 Å². The fourth-order valence-corrected chi connectivity index (χ4v) is 1.93. The van der Waals surface area contributed by atoms with E-state index >= 15 is 0 Å². The van der Waals surface area contributed by atoms with Crippen LogP contribution < -0.4 is 0 Å². The first kappa shape index (κ1) is 12.7. The summed E-state index contributed by atoms with van der Waals surface area (Å²) >= 11 is 0. The van der Waals surface area contributed by atoms with Crippen molar-refractivity contribution in [2.45, 2.75) is 20.3 Å². The number of nitrogens with zero attached hydrogens (tertiary/aromatic N) is 1. The predicted octanol–water partition coefficient (Wildman–Crippen LogP) is 3.15. The van der Waals surface area contributed by atoms with Gasteiger partial charge in [0, 0.05) is 23.3 Å². The third-order valence-electron chi connectivity index (χ3n) is 2.73. The second-order valence-electron chi connectivity index (χ2n) is 4.30. The van der Waals surface area contributed by atoms with Gasteiger partial charge in [-0.2, -0.15) is 0 Å². The van der Waals surface area contributed by atoms with E-state index in [-0.39, 0.29) is 12.4 Å². The van der Waals surface area contributed by atoms with Crippen molar-refractivity contribution in [1.29, 1.82) is 0 Å². The molecule has 1 heterocycles. The Kier molecular flexibility index (Phi) is 4.05. The molecule has 0 spiro atoms. The lowest BCUT2D eigenvalue weighted by molar-refractivity contribution is 0.0763. The molecule has 0 aliphatic carbocycles. The molecule has 0 aliphatic heterocycles. The quantitative estimate of drug-likeness (QED) is 0.598. The molecule has 0 unspecified atom stereocenters. The zero-order valence-electron chi connectivity index (χ0n) is 10.8. The molecule has 0 atom stereocenters. The number of ketones is 1. The Labute approximate surface area is 107 Å². The molecular weight excluding hydrogens is 226 g/mol. The van der Waals surface area contributed by atoms with E-state index in [1.807, 2.05) is 44.2 Å². The van der Waals surface area contributed by atoms with Crippen molar-refractivity contribution in [3.05, 3.63) is 41.6 Å². The Hall–Kier alpha value is -1.74. The average molecular weight is 243 g/mol. The summed E-state index contributed by atoms with van der Waals surface area (Å²) in [6.07, 6.45) is 0.920. The molecule has 1 aromatic carbocycles. The lowest BCUT2D eigenvalue weighted by atomic mass is 10.0. The van der Waals surface area contributed by atoms with Crippen LogP contribution in [0, 0.1) is 6.92 Å². The Bertz CT molecular complexity index is 563. The summed E-state index contributed by atoms with van der Waals surface area (Å²) in [5.41, 5.74) is 2.41. The van der Waals surface area contributed by atoms with Crippen LogP contribution in [0.4, 0.5) is 0 Å². The highest BCUT2D eigenvalue weighted by molar-refractivity contribution is 6.08. The first-order valence-corrected chi connectivity index (χ1v) is 6.19. The Morgan fingerprint density at radius 1 is 1.33 bits per heavy atom. The monoisotopic (exact) mass is 243 g/mol. The second-order valence-corrected chi connectivity index (χ2v) is 4.30. The van der Waals surface area contributed by atoms with Crippen molar-refractivity contribution in [2.75, 3.05) is 13.2 Å². The molecule has 2 aromatic rings. The standard InChI is InChI=1S/C15H17NO2/c1-3-8-18-10-15(17)13-9-11(2)16-14-7-5-4-6-12(13)14/h4-7,9H,3,8,10H2,1-2H3. The Morgan fingerprint density at radius 3 is 2.89 bits per heavy atom. The van der Waals surface area contributed by atoms with Crippen molar-refractivity contribution in [1.82, 2.24) is 4.98 Å². The maximum atomic E-state index is 12.1. The number of hydrogen-bond donors (Lipinski definition) is 0. The van der Waals surface area contributed by atoms with E-state index in [4.69, 9.17) is 4.74 Å². The van der Waals surface area contributed by atoms with Gasteiger partial charge in [-0.25, -0.2) is 0 Å². The van der Waals surface area contributed by atoms with Gasteiger partial charge in [0.1, 0.15) is 6.61 Å². The zero-order chi connectivity index (χ0) is 13.0. The average Bonchev–Trinajstić information content (AvgIpc) is 2.38. The van der Waals surface area contributed by atoms with Gasteiger partial charge in [0.05, 0.1) is 5.52 Å². The van der Waals surface area contributed by atoms with E-state index in [9.17, 15) is 4.79 Å². The number of carbonyl (C=O) groups excluding carboxylic acids is 1. The molecule has 0 fully saturated rings.